The largest absolute Gasteiger partial charge is 0.338 e. The lowest BCUT2D eigenvalue weighted by atomic mass is 9.85. The monoisotopic (exact) mass is 312 g/mol. The smallest absolute Gasteiger partial charge is 0.226 e. The van der Waals surface area contributed by atoms with Crippen LogP contribution in [0.15, 0.2) is 6.20 Å². The van der Waals surface area contributed by atoms with Gasteiger partial charge < -0.3 is 10.6 Å². The Bertz CT molecular complexity index is 490. The fourth-order valence-corrected chi connectivity index (χ4v) is 3.62. The molecule has 6 heteroatoms. The number of likely N-dealkylation sites (tertiary alicyclic amines) is 1. The molecule has 3 N–H and O–H groups in total. The van der Waals surface area contributed by atoms with Gasteiger partial charge in [-0.2, -0.15) is 5.10 Å². The van der Waals surface area contributed by atoms with E-state index in [0.29, 0.717) is 18.4 Å². The molecule has 2 heterocycles. The molecular weight excluding hydrogens is 288 g/mol. The number of fused-ring (bicyclic) bond motifs is 1. The highest BCUT2D eigenvalue weighted by Gasteiger charge is 2.34. The number of hydrogen-bond donors (Lipinski definition) is 2. The minimum atomic E-state index is 0. The van der Waals surface area contributed by atoms with E-state index in [1.807, 2.05) is 11.1 Å². The van der Waals surface area contributed by atoms with Crippen molar-refractivity contribution in [3.8, 4) is 0 Å². The lowest BCUT2D eigenvalue weighted by Gasteiger charge is -2.40. The second-order valence-corrected chi connectivity index (χ2v) is 6.36. The van der Waals surface area contributed by atoms with Crippen molar-refractivity contribution in [1.82, 2.24) is 15.1 Å². The Morgan fingerprint density at radius 2 is 2.33 bits per heavy atom. The van der Waals surface area contributed by atoms with E-state index in [1.165, 1.54) is 5.56 Å². The second kappa shape index (κ2) is 6.79. The summed E-state index contributed by atoms with van der Waals surface area (Å²) < 4.78 is 0. The topological polar surface area (TPSA) is 75.0 Å². The molecule has 3 rings (SSSR count). The van der Waals surface area contributed by atoms with E-state index in [1.54, 1.807) is 0 Å². The predicted molar refractivity (Wildman–Crippen MR) is 84.3 cm³/mol. The molecular formula is C15H25ClN4O. The Labute approximate surface area is 132 Å². The maximum absolute atomic E-state index is 12.8. The number of aryl methyl sites for hydroxylation is 1. The van der Waals surface area contributed by atoms with E-state index < -0.39 is 0 Å². The zero-order valence-corrected chi connectivity index (χ0v) is 13.4. The summed E-state index contributed by atoms with van der Waals surface area (Å²) in [4.78, 5) is 14.8. The predicted octanol–water partition coefficient (Wildman–Crippen LogP) is 1.52. The maximum atomic E-state index is 12.8. The number of carbonyl (C=O) groups excluding carboxylic acids is 1. The summed E-state index contributed by atoms with van der Waals surface area (Å²) in [5.41, 5.74) is 8.29. The Hall–Kier alpha value is -1.07. The summed E-state index contributed by atoms with van der Waals surface area (Å²) in [6.07, 6.45) is 6.74. The zero-order valence-electron chi connectivity index (χ0n) is 12.5. The Morgan fingerprint density at radius 3 is 3.10 bits per heavy atom. The molecule has 3 atom stereocenters. The standard InChI is InChI=1S/C15H24N4O.ClH/c1-10-4-5-19(13(6-10)8-16)15(20)11-2-3-12-9-17-18-14(12)7-11;/h9-11,13H,2-8,16H2,1H3,(H,17,18);1H. The highest BCUT2D eigenvalue weighted by Crippen LogP contribution is 2.29. The molecule has 0 aromatic carbocycles. The van der Waals surface area contributed by atoms with Gasteiger partial charge in [0.25, 0.3) is 0 Å². The molecule has 3 unspecified atom stereocenters. The molecule has 118 valence electrons. The number of piperidine rings is 1. The minimum Gasteiger partial charge on any atom is -0.338 e. The number of hydrogen-bond acceptors (Lipinski definition) is 3. The molecule has 2 aliphatic rings. The molecule has 0 spiro atoms. The average Bonchev–Trinajstić information content (AvgIpc) is 2.93. The molecule has 1 aliphatic carbocycles. The van der Waals surface area contributed by atoms with Crippen LogP contribution in [0.2, 0.25) is 0 Å². The summed E-state index contributed by atoms with van der Waals surface area (Å²) in [6.45, 7) is 3.70. The van der Waals surface area contributed by atoms with Crippen molar-refractivity contribution >= 4 is 18.3 Å². The number of nitrogens with zero attached hydrogens (tertiary/aromatic N) is 2. The first-order valence-corrected chi connectivity index (χ1v) is 7.70. The first-order valence-electron chi connectivity index (χ1n) is 7.70. The van der Waals surface area contributed by atoms with Gasteiger partial charge in [-0.25, -0.2) is 0 Å². The maximum Gasteiger partial charge on any atom is 0.226 e. The van der Waals surface area contributed by atoms with Crippen molar-refractivity contribution in [2.75, 3.05) is 13.1 Å². The van der Waals surface area contributed by atoms with Gasteiger partial charge in [-0.05, 0) is 37.2 Å². The molecule has 1 aromatic heterocycles. The van der Waals surface area contributed by atoms with Crippen molar-refractivity contribution in [1.29, 1.82) is 0 Å². The highest BCUT2D eigenvalue weighted by molar-refractivity contribution is 5.85. The summed E-state index contributed by atoms with van der Waals surface area (Å²) in [5.74, 6) is 1.08. The summed E-state index contributed by atoms with van der Waals surface area (Å²) in [7, 11) is 0. The Morgan fingerprint density at radius 1 is 1.52 bits per heavy atom. The summed E-state index contributed by atoms with van der Waals surface area (Å²) in [5, 5.41) is 7.11. The van der Waals surface area contributed by atoms with Crippen LogP contribution in [0.5, 0.6) is 0 Å². The van der Waals surface area contributed by atoms with Gasteiger partial charge in [0, 0.05) is 37.2 Å². The zero-order chi connectivity index (χ0) is 14.1. The molecule has 0 bridgehead atoms. The van der Waals surface area contributed by atoms with Crippen LogP contribution in [0.3, 0.4) is 0 Å². The number of aromatic nitrogens is 2. The van der Waals surface area contributed by atoms with Crippen molar-refractivity contribution in [3.05, 3.63) is 17.5 Å². The number of amides is 1. The van der Waals surface area contributed by atoms with E-state index in [9.17, 15) is 4.79 Å². The number of H-pyrrole nitrogens is 1. The van der Waals surface area contributed by atoms with Crippen LogP contribution in [-0.4, -0.2) is 40.1 Å². The van der Waals surface area contributed by atoms with Gasteiger partial charge in [0.15, 0.2) is 0 Å². The Kier molecular flexibility index (Phi) is 5.27. The lowest BCUT2D eigenvalue weighted by molar-refractivity contribution is -0.140. The van der Waals surface area contributed by atoms with Gasteiger partial charge >= 0.3 is 0 Å². The average molecular weight is 313 g/mol. The first kappa shape index (κ1) is 16.3. The van der Waals surface area contributed by atoms with Gasteiger partial charge in [-0.3, -0.25) is 9.89 Å². The van der Waals surface area contributed by atoms with Crippen molar-refractivity contribution in [2.45, 2.75) is 45.1 Å². The third-order valence-corrected chi connectivity index (χ3v) is 4.90. The van der Waals surface area contributed by atoms with Crippen LogP contribution in [0.1, 0.15) is 37.4 Å². The quantitative estimate of drug-likeness (QED) is 0.869. The van der Waals surface area contributed by atoms with Crippen LogP contribution in [0.25, 0.3) is 0 Å². The molecule has 0 radical (unpaired) electrons. The van der Waals surface area contributed by atoms with Crippen LogP contribution in [-0.2, 0) is 17.6 Å². The normalized spacial score (nSPS) is 28.7. The van der Waals surface area contributed by atoms with Crippen LogP contribution < -0.4 is 5.73 Å². The van der Waals surface area contributed by atoms with Gasteiger partial charge in [-0.1, -0.05) is 6.92 Å². The number of nitrogens with one attached hydrogen (secondary N) is 1. The molecule has 1 amide bonds. The number of carbonyl (C=O) groups is 1. The molecule has 0 saturated carbocycles. The third-order valence-electron chi connectivity index (χ3n) is 4.90. The lowest BCUT2D eigenvalue weighted by Crippen LogP contribution is -2.51. The minimum absolute atomic E-state index is 0. The molecule has 1 aliphatic heterocycles. The number of halogens is 1. The Balaban J connectivity index is 0.00000161. The fraction of sp³-hybridized carbons (Fsp3) is 0.733. The van der Waals surface area contributed by atoms with Crippen molar-refractivity contribution in [3.63, 3.8) is 0 Å². The van der Waals surface area contributed by atoms with Crippen LogP contribution in [0.4, 0.5) is 0 Å². The van der Waals surface area contributed by atoms with Crippen LogP contribution in [0, 0.1) is 11.8 Å². The van der Waals surface area contributed by atoms with E-state index in [-0.39, 0.29) is 24.4 Å². The van der Waals surface area contributed by atoms with E-state index in [4.69, 9.17) is 5.73 Å². The van der Waals surface area contributed by atoms with Crippen molar-refractivity contribution in [2.24, 2.45) is 17.6 Å². The first-order chi connectivity index (χ1) is 9.69. The number of rotatable bonds is 2. The molecule has 5 nitrogen and oxygen atoms in total. The molecule has 1 saturated heterocycles. The van der Waals surface area contributed by atoms with Gasteiger partial charge in [0.2, 0.25) is 5.91 Å². The third kappa shape index (κ3) is 3.24. The van der Waals surface area contributed by atoms with Gasteiger partial charge in [-0.15, -0.1) is 12.4 Å². The van der Waals surface area contributed by atoms with E-state index >= 15 is 0 Å². The van der Waals surface area contributed by atoms with Crippen LogP contribution >= 0.6 is 12.4 Å². The SMILES string of the molecule is CC1CCN(C(=O)C2CCc3cn[nH]c3C2)C(CN)C1.Cl. The van der Waals surface area contributed by atoms with Gasteiger partial charge in [0.05, 0.1) is 6.20 Å². The van der Waals surface area contributed by atoms with E-state index in [2.05, 4.69) is 17.1 Å². The summed E-state index contributed by atoms with van der Waals surface area (Å²) >= 11 is 0. The molecule has 1 aromatic rings. The number of aromatic amines is 1. The molecule has 1 fully saturated rings. The van der Waals surface area contributed by atoms with Crippen molar-refractivity contribution < 1.29 is 4.79 Å². The highest BCUT2D eigenvalue weighted by atomic mass is 35.5. The second-order valence-electron chi connectivity index (χ2n) is 6.36. The van der Waals surface area contributed by atoms with E-state index in [0.717, 1.165) is 44.3 Å². The fourth-order valence-electron chi connectivity index (χ4n) is 3.62. The number of nitrogens with two attached hydrogens (primary N) is 1. The summed E-state index contributed by atoms with van der Waals surface area (Å²) in [6, 6.07) is 0.231. The molecule has 21 heavy (non-hydrogen) atoms. The van der Waals surface area contributed by atoms with Gasteiger partial charge in [0.1, 0.15) is 0 Å².